The van der Waals surface area contributed by atoms with Crippen LogP contribution in [0.1, 0.15) is 13.8 Å². The lowest BCUT2D eigenvalue weighted by Gasteiger charge is -2.22. The van der Waals surface area contributed by atoms with Gasteiger partial charge in [0.15, 0.2) is 0 Å². The van der Waals surface area contributed by atoms with E-state index in [1.54, 1.807) is 12.1 Å². The maximum atomic E-state index is 12.9. The molecule has 0 aromatic carbocycles. The molecule has 0 aliphatic heterocycles. The molecule has 1 heterocycles. The zero-order valence-electron chi connectivity index (χ0n) is 8.94. The third kappa shape index (κ3) is 3.21. The van der Waals surface area contributed by atoms with Gasteiger partial charge in [0.05, 0.1) is 12.0 Å². The summed E-state index contributed by atoms with van der Waals surface area (Å²) < 4.78 is 12.9. The lowest BCUT2D eigenvalue weighted by atomic mass is 10.2. The van der Waals surface area contributed by atoms with Crippen LogP contribution in [0.3, 0.4) is 0 Å². The van der Waals surface area contributed by atoms with E-state index < -0.39 is 5.95 Å². The second-order valence-corrected chi connectivity index (χ2v) is 3.39. The van der Waals surface area contributed by atoms with E-state index in [-0.39, 0.29) is 5.92 Å². The summed E-state index contributed by atoms with van der Waals surface area (Å²) in [4.78, 5) is 5.67. The average Bonchev–Trinajstić information content (AvgIpc) is 2.25. The minimum atomic E-state index is -0.490. The molecule has 1 aromatic heterocycles. The molecule has 0 aliphatic rings. The first kappa shape index (κ1) is 11.4. The summed E-state index contributed by atoms with van der Waals surface area (Å²) in [6, 6.07) is 6.83. The Morgan fingerprint density at radius 2 is 2.33 bits per heavy atom. The highest BCUT2D eigenvalue weighted by Crippen LogP contribution is 2.12. The Labute approximate surface area is 89.2 Å². The fourth-order valence-electron chi connectivity index (χ4n) is 1.33. The van der Waals surface area contributed by atoms with Crippen molar-refractivity contribution >= 4 is 5.82 Å². The van der Waals surface area contributed by atoms with Gasteiger partial charge in [0, 0.05) is 13.1 Å². The number of anilines is 1. The number of hydrogen-bond acceptors (Lipinski definition) is 3. The van der Waals surface area contributed by atoms with E-state index in [4.69, 9.17) is 5.26 Å². The van der Waals surface area contributed by atoms with E-state index in [9.17, 15) is 4.39 Å². The van der Waals surface area contributed by atoms with Gasteiger partial charge >= 0.3 is 0 Å². The van der Waals surface area contributed by atoms with Crippen molar-refractivity contribution in [1.82, 2.24) is 4.98 Å². The van der Waals surface area contributed by atoms with E-state index in [0.29, 0.717) is 18.9 Å². The predicted octanol–water partition coefficient (Wildman–Crippen LogP) is 2.21. The van der Waals surface area contributed by atoms with Crippen LogP contribution in [0.2, 0.25) is 0 Å². The zero-order chi connectivity index (χ0) is 11.3. The van der Waals surface area contributed by atoms with Gasteiger partial charge in [-0.1, -0.05) is 6.07 Å². The highest BCUT2D eigenvalue weighted by atomic mass is 19.1. The first-order chi connectivity index (χ1) is 7.17. The molecule has 4 heteroatoms. The first-order valence-corrected chi connectivity index (χ1v) is 4.94. The summed E-state index contributed by atoms with van der Waals surface area (Å²) in [5.41, 5.74) is 0. The van der Waals surface area contributed by atoms with Crippen LogP contribution in [-0.4, -0.2) is 18.1 Å². The van der Waals surface area contributed by atoms with Gasteiger partial charge in [-0.15, -0.1) is 0 Å². The summed E-state index contributed by atoms with van der Waals surface area (Å²) >= 11 is 0. The quantitative estimate of drug-likeness (QED) is 0.710. The lowest BCUT2D eigenvalue weighted by molar-refractivity contribution is 0.578. The van der Waals surface area contributed by atoms with Gasteiger partial charge in [0.2, 0.25) is 5.95 Å². The van der Waals surface area contributed by atoms with Crippen molar-refractivity contribution < 1.29 is 4.39 Å². The molecule has 0 radical (unpaired) electrons. The summed E-state index contributed by atoms with van der Waals surface area (Å²) in [6.45, 7) is 5.07. The Balaban J connectivity index is 2.79. The van der Waals surface area contributed by atoms with Crippen molar-refractivity contribution in [2.75, 3.05) is 18.0 Å². The number of pyridine rings is 1. The van der Waals surface area contributed by atoms with Gasteiger partial charge in [0.1, 0.15) is 5.82 Å². The van der Waals surface area contributed by atoms with E-state index in [1.807, 2.05) is 18.7 Å². The maximum absolute atomic E-state index is 12.9. The molecule has 3 nitrogen and oxygen atoms in total. The maximum Gasteiger partial charge on any atom is 0.214 e. The summed E-state index contributed by atoms with van der Waals surface area (Å²) in [5.74, 6) is 0.00479. The molecule has 80 valence electrons. The Hall–Kier alpha value is -1.63. The molecule has 0 N–H and O–H groups in total. The molecule has 15 heavy (non-hydrogen) atoms. The molecule has 0 bridgehead atoms. The van der Waals surface area contributed by atoms with Gasteiger partial charge < -0.3 is 4.90 Å². The van der Waals surface area contributed by atoms with Crippen LogP contribution in [0.5, 0.6) is 0 Å². The summed E-state index contributed by atoms with van der Waals surface area (Å²) in [6.07, 6.45) is 0. The summed E-state index contributed by atoms with van der Waals surface area (Å²) in [7, 11) is 0. The number of nitrogens with zero attached hydrogens (tertiary/aromatic N) is 3. The van der Waals surface area contributed by atoms with E-state index in [2.05, 4.69) is 11.1 Å². The molecule has 0 saturated heterocycles. The van der Waals surface area contributed by atoms with Gasteiger partial charge in [-0.2, -0.15) is 9.65 Å². The Bertz CT molecular complexity index is 359. The molecular formula is C11H14FN3. The van der Waals surface area contributed by atoms with Crippen molar-refractivity contribution in [2.45, 2.75) is 13.8 Å². The monoisotopic (exact) mass is 207 g/mol. The van der Waals surface area contributed by atoms with Crippen LogP contribution >= 0.6 is 0 Å². The number of halogens is 1. The Morgan fingerprint density at radius 3 is 2.87 bits per heavy atom. The predicted molar refractivity (Wildman–Crippen MR) is 56.9 cm³/mol. The molecular weight excluding hydrogens is 193 g/mol. The molecule has 1 atom stereocenters. The van der Waals surface area contributed by atoms with Crippen LogP contribution < -0.4 is 4.90 Å². The third-order valence-corrected chi connectivity index (χ3v) is 2.12. The number of nitriles is 1. The molecule has 1 unspecified atom stereocenters. The molecule has 0 spiro atoms. The average molecular weight is 207 g/mol. The molecule has 1 aromatic rings. The van der Waals surface area contributed by atoms with Crippen LogP contribution in [0.25, 0.3) is 0 Å². The highest BCUT2D eigenvalue weighted by Gasteiger charge is 2.10. The van der Waals surface area contributed by atoms with Crippen molar-refractivity contribution in [1.29, 1.82) is 5.26 Å². The Morgan fingerprint density at radius 1 is 1.60 bits per heavy atom. The summed E-state index contributed by atoms with van der Waals surface area (Å²) in [5, 5.41) is 8.71. The topological polar surface area (TPSA) is 39.9 Å². The van der Waals surface area contributed by atoms with Crippen LogP contribution in [-0.2, 0) is 0 Å². The van der Waals surface area contributed by atoms with Gasteiger partial charge in [-0.3, -0.25) is 0 Å². The van der Waals surface area contributed by atoms with Crippen molar-refractivity contribution in [3.05, 3.63) is 24.1 Å². The fourth-order valence-corrected chi connectivity index (χ4v) is 1.33. The standard InChI is InChI=1S/C11H14FN3/c1-3-15(8-9(2)7-13)11-6-4-5-10(12)14-11/h4-6,9H,3,8H2,1-2H3. The normalized spacial score (nSPS) is 11.9. The van der Waals surface area contributed by atoms with E-state index in [1.165, 1.54) is 6.07 Å². The molecule has 0 fully saturated rings. The fraction of sp³-hybridized carbons (Fsp3) is 0.455. The SMILES string of the molecule is CCN(CC(C)C#N)c1cccc(F)n1. The number of aromatic nitrogens is 1. The molecule has 1 rings (SSSR count). The second kappa shape index (κ2) is 5.30. The highest BCUT2D eigenvalue weighted by molar-refractivity contribution is 5.37. The second-order valence-electron chi connectivity index (χ2n) is 3.39. The van der Waals surface area contributed by atoms with Gasteiger partial charge in [-0.25, -0.2) is 4.98 Å². The van der Waals surface area contributed by atoms with Gasteiger partial charge in [-0.05, 0) is 26.0 Å². The largest absolute Gasteiger partial charge is 0.355 e. The van der Waals surface area contributed by atoms with Crippen molar-refractivity contribution in [3.8, 4) is 6.07 Å². The van der Waals surface area contributed by atoms with E-state index >= 15 is 0 Å². The molecule has 0 aliphatic carbocycles. The van der Waals surface area contributed by atoms with Crippen LogP contribution in [0.15, 0.2) is 18.2 Å². The van der Waals surface area contributed by atoms with Gasteiger partial charge in [0.25, 0.3) is 0 Å². The van der Waals surface area contributed by atoms with E-state index in [0.717, 1.165) is 0 Å². The van der Waals surface area contributed by atoms with Crippen LogP contribution in [0.4, 0.5) is 10.2 Å². The van der Waals surface area contributed by atoms with Crippen molar-refractivity contribution in [3.63, 3.8) is 0 Å². The Kier molecular flexibility index (Phi) is 4.04. The van der Waals surface area contributed by atoms with Crippen molar-refractivity contribution in [2.24, 2.45) is 5.92 Å². The third-order valence-electron chi connectivity index (χ3n) is 2.12. The minimum Gasteiger partial charge on any atom is -0.355 e. The molecule has 0 amide bonds. The minimum absolute atomic E-state index is 0.0879. The number of rotatable bonds is 4. The lowest BCUT2D eigenvalue weighted by Crippen LogP contribution is -2.28. The zero-order valence-corrected chi connectivity index (χ0v) is 8.94. The first-order valence-electron chi connectivity index (χ1n) is 4.94. The number of hydrogen-bond donors (Lipinski definition) is 0. The molecule has 0 saturated carbocycles. The smallest absolute Gasteiger partial charge is 0.214 e. The van der Waals surface area contributed by atoms with Crippen LogP contribution in [0, 0.1) is 23.2 Å².